The van der Waals surface area contributed by atoms with Crippen molar-refractivity contribution in [2.45, 2.75) is 31.4 Å². The zero-order chi connectivity index (χ0) is 15.2. The van der Waals surface area contributed by atoms with Crippen molar-refractivity contribution >= 4 is 5.78 Å². The maximum absolute atomic E-state index is 12.7. The molecular weight excluding hydrogens is 279 g/mol. The summed E-state index contributed by atoms with van der Waals surface area (Å²) in [4.78, 5) is 12.4. The summed E-state index contributed by atoms with van der Waals surface area (Å²) in [5.41, 5.74) is -0.661. The Labute approximate surface area is 120 Å². The van der Waals surface area contributed by atoms with E-state index in [1.165, 1.54) is 12.1 Å². The molecule has 3 unspecified atom stereocenters. The van der Waals surface area contributed by atoms with Gasteiger partial charge in [-0.15, -0.1) is 0 Å². The minimum absolute atomic E-state index is 0.113. The first-order valence-corrected chi connectivity index (χ1v) is 7.04. The van der Waals surface area contributed by atoms with E-state index in [-0.39, 0.29) is 17.3 Å². The standard InChI is InChI=1S/C16H14F3NO/c17-16(18,19)10-4-1-3-9(7-10)13(8-20)15(21)14-11-5-2-6-12(11)14/h1,3-4,7,11-14H,2,5-6H2. The first kappa shape index (κ1) is 14.1. The smallest absolute Gasteiger partial charge is 0.298 e. The molecule has 2 nitrogen and oxygen atoms in total. The van der Waals surface area contributed by atoms with Crippen LogP contribution < -0.4 is 0 Å². The van der Waals surface area contributed by atoms with Crippen LogP contribution in [0.15, 0.2) is 24.3 Å². The fourth-order valence-electron chi connectivity index (χ4n) is 3.63. The number of benzene rings is 1. The molecule has 2 aliphatic rings. The number of ketones is 1. The second-order valence-electron chi connectivity index (χ2n) is 5.87. The van der Waals surface area contributed by atoms with Crippen molar-refractivity contribution in [2.24, 2.45) is 17.8 Å². The Morgan fingerprint density at radius 1 is 1.29 bits per heavy atom. The summed E-state index contributed by atoms with van der Waals surface area (Å²) in [6, 6.07) is 6.45. The van der Waals surface area contributed by atoms with E-state index in [9.17, 15) is 23.2 Å². The average Bonchev–Trinajstić information content (AvgIpc) is 2.92. The lowest BCUT2D eigenvalue weighted by atomic mass is 9.90. The van der Waals surface area contributed by atoms with Gasteiger partial charge in [0.05, 0.1) is 11.6 Å². The van der Waals surface area contributed by atoms with Gasteiger partial charge >= 0.3 is 6.18 Å². The molecule has 2 aliphatic carbocycles. The highest BCUT2D eigenvalue weighted by Crippen LogP contribution is 2.59. The molecule has 0 heterocycles. The highest BCUT2D eigenvalue weighted by Gasteiger charge is 2.57. The fourth-order valence-corrected chi connectivity index (χ4v) is 3.63. The van der Waals surface area contributed by atoms with Crippen molar-refractivity contribution < 1.29 is 18.0 Å². The van der Waals surface area contributed by atoms with Crippen LogP contribution in [0.25, 0.3) is 0 Å². The summed E-state index contributed by atoms with van der Waals surface area (Å²) in [5, 5.41) is 9.23. The molecule has 2 saturated carbocycles. The minimum Gasteiger partial charge on any atom is -0.298 e. The lowest BCUT2D eigenvalue weighted by molar-refractivity contribution is -0.137. The molecule has 1 aromatic rings. The van der Waals surface area contributed by atoms with Gasteiger partial charge in [-0.3, -0.25) is 4.79 Å². The second kappa shape index (κ2) is 4.87. The van der Waals surface area contributed by atoms with Crippen LogP contribution in [0.1, 0.15) is 36.3 Å². The van der Waals surface area contributed by atoms with E-state index in [0.29, 0.717) is 11.8 Å². The lowest BCUT2D eigenvalue weighted by Gasteiger charge is -2.13. The number of carbonyl (C=O) groups is 1. The van der Waals surface area contributed by atoms with Gasteiger partial charge < -0.3 is 0 Å². The van der Waals surface area contributed by atoms with Crippen molar-refractivity contribution in [1.82, 2.24) is 0 Å². The summed E-state index contributed by atoms with van der Waals surface area (Å²) < 4.78 is 38.2. The van der Waals surface area contributed by atoms with Gasteiger partial charge in [0.25, 0.3) is 0 Å². The SMILES string of the molecule is N#CC(C(=O)C1C2CCCC21)c1cccc(C(F)(F)F)c1. The number of nitrogens with zero attached hydrogens (tertiary/aromatic N) is 1. The first-order chi connectivity index (χ1) is 9.93. The summed E-state index contributed by atoms with van der Waals surface area (Å²) in [5.74, 6) is -0.675. The Balaban J connectivity index is 1.84. The topological polar surface area (TPSA) is 40.9 Å². The Hall–Kier alpha value is -1.83. The van der Waals surface area contributed by atoms with Gasteiger partial charge in [0.1, 0.15) is 5.92 Å². The van der Waals surface area contributed by atoms with Gasteiger partial charge in [-0.1, -0.05) is 24.6 Å². The summed E-state index contributed by atoms with van der Waals surface area (Å²) >= 11 is 0. The van der Waals surface area contributed by atoms with Crippen molar-refractivity contribution in [3.63, 3.8) is 0 Å². The van der Waals surface area contributed by atoms with Crippen LogP contribution in [-0.2, 0) is 11.0 Å². The van der Waals surface area contributed by atoms with Gasteiger partial charge in [-0.25, -0.2) is 0 Å². The zero-order valence-corrected chi connectivity index (χ0v) is 11.2. The quantitative estimate of drug-likeness (QED) is 0.847. The number of rotatable bonds is 3. The van der Waals surface area contributed by atoms with E-state index in [0.717, 1.165) is 31.4 Å². The molecular formula is C16H14F3NO. The van der Waals surface area contributed by atoms with Crippen molar-refractivity contribution in [1.29, 1.82) is 5.26 Å². The molecule has 0 amide bonds. The van der Waals surface area contributed by atoms with E-state index >= 15 is 0 Å². The van der Waals surface area contributed by atoms with Crippen LogP contribution in [0.5, 0.6) is 0 Å². The highest BCUT2D eigenvalue weighted by molar-refractivity contribution is 5.93. The Kier molecular flexibility index (Phi) is 3.27. The molecule has 2 fully saturated rings. The van der Waals surface area contributed by atoms with E-state index in [1.807, 2.05) is 6.07 Å². The molecule has 3 rings (SSSR count). The van der Waals surface area contributed by atoms with E-state index in [2.05, 4.69) is 0 Å². The Morgan fingerprint density at radius 3 is 2.52 bits per heavy atom. The molecule has 0 saturated heterocycles. The van der Waals surface area contributed by atoms with Crippen LogP contribution in [-0.4, -0.2) is 5.78 Å². The van der Waals surface area contributed by atoms with Gasteiger partial charge in [-0.2, -0.15) is 18.4 Å². The molecule has 0 N–H and O–H groups in total. The number of alkyl halides is 3. The van der Waals surface area contributed by atoms with E-state index in [4.69, 9.17) is 0 Å². The van der Waals surface area contributed by atoms with Gasteiger partial charge in [0.2, 0.25) is 0 Å². The third-order valence-corrected chi connectivity index (χ3v) is 4.70. The Bertz CT molecular complexity index is 607. The number of hydrogen-bond donors (Lipinski definition) is 0. The molecule has 3 atom stereocenters. The maximum Gasteiger partial charge on any atom is 0.416 e. The van der Waals surface area contributed by atoms with Crippen LogP contribution in [0.4, 0.5) is 13.2 Å². The number of carbonyl (C=O) groups excluding carboxylic acids is 1. The highest BCUT2D eigenvalue weighted by atomic mass is 19.4. The van der Waals surface area contributed by atoms with Crippen molar-refractivity contribution in [3.05, 3.63) is 35.4 Å². The van der Waals surface area contributed by atoms with Crippen LogP contribution in [0, 0.1) is 29.1 Å². The molecule has 0 spiro atoms. The average molecular weight is 293 g/mol. The lowest BCUT2D eigenvalue weighted by Crippen LogP contribution is -2.16. The van der Waals surface area contributed by atoms with E-state index in [1.54, 1.807) is 0 Å². The normalized spacial score (nSPS) is 28.6. The Morgan fingerprint density at radius 2 is 1.95 bits per heavy atom. The molecule has 0 bridgehead atoms. The third kappa shape index (κ3) is 2.44. The molecule has 5 heteroatoms. The largest absolute Gasteiger partial charge is 0.416 e. The monoisotopic (exact) mass is 293 g/mol. The number of nitriles is 1. The van der Waals surface area contributed by atoms with Gasteiger partial charge in [0.15, 0.2) is 5.78 Å². The molecule has 0 aliphatic heterocycles. The number of Topliss-reactive ketones (excluding diaryl/α,β-unsaturated/α-hetero) is 1. The zero-order valence-electron chi connectivity index (χ0n) is 11.2. The van der Waals surface area contributed by atoms with Crippen LogP contribution in [0.3, 0.4) is 0 Å². The predicted molar refractivity (Wildman–Crippen MR) is 69.1 cm³/mol. The molecule has 0 radical (unpaired) electrons. The van der Waals surface area contributed by atoms with Gasteiger partial charge in [0, 0.05) is 5.92 Å². The summed E-state index contributed by atoms with van der Waals surface area (Å²) in [6.07, 6.45) is -1.35. The number of halogens is 3. The molecule has 0 aromatic heterocycles. The molecule has 21 heavy (non-hydrogen) atoms. The minimum atomic E-state index is -4.46. The predicted octanol–water partition coefficient (Wildman–Crippen LogP) is 3.93. The number of hydrogen-bond acceptors (Lipinski definition) is 2. The van der Waals surface area contributed by atoms with Crippen LogP contribution >= 0.6 is 0 Å². The molecule has 1 aromatic carbocycles. The first-order valence-electron chi connectivity index (χ1n) is 7.04. The summed E-state index contributed by atoms with van der Waals surface area (Å²) in [7, 11) is 0. The molecule has 110 valence electrons. The van der Waals surface area contributed by atoms with Crippen LogP contribution in [0.2, 0.25) is 0 Å². The summed E-state index contributed by atoms with van der Waals surface area (Å²) in [6.45, 7) is 0. The van der Waals surface area contributed by atoms with Gasteiger partial charge in [-0.05, 0) is 36.3 Å². The van der Waals surface area contributed by atoms with E-state index < -0.39 is 17.7 Å². The van der Waals surface area contributed by atoms with Crippen molar-refractivity contribution in [2.75, 3.05) is 0 Å². The maximum atomic E-state index is 12.7. The fraction of sp³-hybridized carbons (Fsp3) is 0.500. The second-order valence-corrected chi connectivity index (χ2v) is 5.87. The third-order valence-electron chi connectivity index (χ3n) is 4.70. The number of fused-ring (bicyclic) bond motifs is 1. The van der Waals surface area contributed by atoms with Crippen molar-refractivity contribution in [3.8, 4) is 6.07 Å².